The maximum Gasteiger partial charge on any atom is 0.228 e. The van der Waals surface area contributed by atoms with E-state index >= 15 is 0 Å². The van der Waals surface area contributed by atoms with Crippen LogP contribution in [0.1, 0.15) is 72.1 Å². The van der Waals surface area contributed by atoms with Crippen molar-refractivity contribution < 1.29 is 4.79 Å². The van der Waals surface area contributed by atoms with Gasteiger partial charge in [-0.3, -0.25) is 4.79 Å². The molecule has 25 heavy (non-hydrogen) atoms. The predicted octanol–water partition coefficient (Wildman–Crippen LogP) is 4.25. The molecule has 1 saturated heterocycles. The van der Waals surface area contributed by atoms with E-state index < -0.39 is 0 Å². The summed E-state index contributed by atoms with van der Waals surface area (Å²) in [6, 6.07) is 0. The fraction of sp³-hybridized carbons (Fsp3) is 0.952. The Kier molecular flexibility index (Phi) is 5.23. The fourth-order valence-corrected chi connectivity index (χ4v) is 7.71. The number of carbonyl (C=O) groups is 1. The first kappa shape index (κ1) is 19.5. The summed E-state index contributed by atoms with van der Waals surface area (Å²) in [5, 5.41) is 3.48. The first-order valence-electron chi connectivity index (χ1n) is 10.4. The Morgan fingerprint density at radius 1 is 1.04 bits per heavy atom. The van der Waals surface area contributed by atoms with Crippen LogP contribution in [0, 0.1) is 28.1 Å². The lowest BCUT2D eigenvalue weighted by molar-refractivity contribution is -0.180. The molecule has 2 unspecified atom stereocenters. The molecule has 0 aromatic heterocycles. The molecule has 5 fully saturated rings. The van der Waals surface area contributed by atoms with E-state index in [4.69, 9.17) is 0 Å². The Balaban J connectivity index is 0.00000182. The lowest BCUT2D eigenvalue weighted by Crippen LogP contribution is -2.61. The molecule has 0 aromatic rings. The maximum atomic E-state index is 13.6. The van der Waals surface area contributed by atoms with E-state index in [1.807, 2.05) is 0 Å². The highest BCUT2D eigenvalue weighted by atomic mass is 35.5. The molecule has 5 aliphatic rings. The molecule has 5 rings (SSSR count). The number of likely N-dealkylation sites (tertiary alicyclic amines) is 1. The van der Waals surface area contributed by atoms with Crippen molar-refractivity contribution in [2.24, 2.45) is 28.1 Å². The molecule has 2 atom stereocenters. The van der Waals surface area contributed by atoms with Gasteiger partial charge in [-0.05, 0) is 87.1 Å². The average molecular weight is 369 g/mol. The van der Waals surface area contributed by atoms with Crippen LogP contribution in [0.4, 0.5) is 0 Å². The highest BCUT2D eigenvalue weighted by Gasteiger charge is 2.63. The minimum atomic E-state index is -0.00256. The molecule has 0 aromatic carbocycles. The van der Waals surface area contributed by atoms with Gasteiger partial charge in [-0.1, -0.05) is 20.8 Å². The van der Waals surface area contributed by atoms with Crippen molar-refractivity contribution in [3.63, 3.8) is 0 Å². The first-order valence-corrected chi connectivity index (χ1v) is 10.4. The number of amides is 1. The van der Waals surface area contributed by atoms with Crippen LogP contribution in [0.2, 0.25) is 0 Å². The van der Waals surface area contributed by atoms with Crippen LogP contribution in [0.15, 0.2) is 0 Å². The second-order valence-corrected chi connectivity index (χ2v) is 10.5. The lowest BCUT2D eigenvalue weighted by Gasteiger charge is -2.65. The summed E-state index contributed by atoms with van der Waals surface area (Å²) < 4.78 is 0. The molecule has 3 nitrogen and oxygen atoms in total. The molecule has 4 heteroatoms. The van der Waals surface area contributed by atoms with Gasteiger partial charge in [0, 0.05) is 13.1 Å². The largest absolute Gasteiger partial charge is 0.342 e. The van der Waals surface area contributed by atoms with Crippen LogP contribution < -0.4 is 5.32 Å². The van der Waals surface area contributed by atoms with E-state index in [0.29, 0.717) is 16.7 Å². The van der Waals surface area contributed by atoms with Gasteiger partial charge >= 0.3 is 0 Å². The Labute approximate surface area is 160 Å². The Bertz CT molecular complexity index is 496. The molecular weight excluding hydrogens is 332 g/mol. The summed E-state index contributed by atoms with van der Waals surface area (Å²) in [4.78, 5) is 15.8. The van der Waals surface area contributed by atoms with Gasteiger partial charge in [0.1, 0.15) is 0 Å². The van der Waals surface area contributed by atoms with E-state index in [2.05, 4.69) is 31.0 Å². The van der Waals surface area contributed by atoms with Crippen molar-refractivity contribution in [3.05, 3.63) is 0 Å². The molecule has 4 aliphatic carbocycles. The highest BCUT2D eigenvalue weighted by Crippen LogP contribution is 2.69. The van der Waals surface area contributed by atoms with E-state index in [0.717, 1.165) is 38.0 Å². The monoisotopic (exact) mass is 368 g/mol. The second-order valence-electron chi connectivity index (χ2n) is 10.5. The van der Waals surface area contributed by atoms with E-state index in [-0.39, 0.29) is 17.8 Å². The molecule has 4 saturated carbocycles. The summed E-state index contributed by atoms with van der Waals surface area (Å²) >= 11 is 0. The Morgan fingerprint density at radius 2 is 1.64 bits per heavy atom. The van der Waals surface area contributed by atoms with Crippen LogP contribution in [-0.4, -0.2) is 37.0 Å². The number of hydrogen-bond donors (Lipinski definition) is 1. The van der Waals surface area contributed by atoms with E-state index in [1.54, 1.807) is 0 Å². The first-order chi connectivity index (χ1) is 11.4. The molecule has 1 amide bonds. The van der Waals surface area contributed by atoms with Gasteiger partial charge in [-0.15, -0.1) is 12.4 Å². The van der Waals surface area contributed by atoms with Crippen LogP contribution in [0.25, 0.3) is 0 Å². The summed E-state index contributed by atoms with van der Waals surface area (Å²) in [5.41, 5.74) is 0.873. The molecule has 1 heterocycles. The summed E-state index contributed by atoms with van der Waals surface area (Å²) in [5.74, 6) is 2.11. The zero-order chi connectivity index (χ0) is 17.0. The molecular formula is C21H37ClN2O. The number of piperidine rings is 1. The standard InChI is InChI=1S/C21H36N2O.ClH/c1-4-22-12-16-5-7-23(8-6-16)18(24)21-11-17-9-19(2,14-21)13-20(3,10-17)15-21;/h16-17,22H,4-15H2,1-3H3;1H. The van der Waals surface area contributed by atoms with Gasteiger partial charge in [0.25, 0.3) is 0 Å². The van der Waals surface area contributed by atoms with Crippen molar-refractivity contribution in [2.45, 2.75) is 72.1 Å². The quantitative estimate of drug-likeness (QED) is 0.804. The number of nitrogens with zero attached hydrogens (tertiary/aromatic N) is 1. The SMILES string of the molecule is CCNCC1CCN(C(=O)C23CC4CC(C)(CC(C)(C4)C2)C3)CC1.Cl. The minimum absolute atomic E-state index is 0. The van der Waals surface area contributed by atoms with Crippen molar-refractivity contribution in [1.82, 2.24) is 10.2 Å². The highest BCUT2D eigenvalue weighted by molar-refractivity contribution is 5.85. The van der Waals surface area contributed by atoms with Crippen LogP contribution in [-0.2, 0) is 4.79 Å². The topological polar surface area (TPSA) is 32.3 Å². The number of rotatable bonds is 4. The molecule has 144 valence electrons. The zero-order valence-electron chi connectivity index (χ0n) is 16.4. The normalized spacial score (nSPS) is 43.2. The van der Waals surface area contributed by atoms with Gasteiger partial charge in [-0.25, -0.2) is 0 Å². The smallest absolute Gasteiger partial charge is 0.228 e. The van der Waals surface area contributed by atoms with Crippen molar-refractivity contribution >= 4 is 18.3 Å². The Hall–Kier alpha value is -0.280. The predicted molar refractivity (Wildman–Crippen MR) is 105 cm³/mol. The third kappa shape index (κ3) is 3.48. The van der Waals surface area contributed by atoms with Gasteiger partial charge in [0.05, 0.1) is 5.41 Å². The lowest BCUT2D eigenvalue weighted by atomic mass is 9.40. The van der Waals surface area contributed by atoms with Crippen molar-refractivity contribution in [2.75, 3.05) is 26.2 Å². The number of hydrogen-bond acceptors (Lipinski definition) is 2. The molecule has 4 bridgehead atoms. The Morgan fingerprint density at radius 3 is 2.16 bits per heavy atom. The maximum absolute atomic E-state index is 13.6. The van der Waals surface area contributed by atoms with Gasteiger partial charge in [0.15, 0.2) is 0 Å². The van der Waals surface area contributed by atoms with Gasteiger partial charge in [-0.2, -0.15) is 0 Å². The van der Waals surface area contributed by atoms with Crippen LogP contribution >= 0.6 is 12.4 Å². The number of nitrogens with one attached hydrogen (secondary N) is 1. The van der Waals surface area contributed by atoms with Gasteiger partial charge in [0.2, 0.25) is 5.91 Å². The number of halogens is 1. The fourth-order valence-electron chi connectivity index (χ4n) is 7.71. The average Bonchev–Trinajstić information content (AvgIpc) is 2.49. The van der Waals surface area contributed by atoms with E-state index in [1.165, 1.54) is 51.4 Å². The number of carbonyl (C=O) groups excluding carboxylic acids is 1. The third-order valence-electron chi connectivity index (χ3n) is 7.66. The van der Waals surface area contributed by atoms with Crippen LogP contribution in [0.3, 0.4) is 0 Å². The summed E-state index contributed by atoms with van der Waals surface area (Å²) in [6.07, 6.45) is 10.0. The second kappa shape index (κ2) is 6.71. The van der Waals surface area contributed by atoms with Crippen LogP contribution in [0.5, 0.6) is 0 Å². The molecule has 0 spiro atoms. The molecule has 0 radical (unpaired) electrons. The minimum Gasteiger partial charge on any atom is -0.342 e. The zero-order valence-corrected chi connectivity index (χ0v) is 17.2. The molecule has 1 aliphatic heterocycles. The molecule has 1 N–H and O–H groups in total. The summed E-state index contributed by atoms with van der Waals surface area (Å²) in [6.45, 7) is 11.3. The van der Waals surface area contributed by atoms with E-state index in [9.17, 15) is 4.79 Å². The third-order valence-corrected chi connectivity index (χ3v) is 7.66. The van der Waals surface area contributed by atoms with Crippen molar-refractivity contribution in [3.8, 4) is 0 Å². The van der Waals surface area contributed by atoms with Crippen molar-refractivity contribution in [1.29, 1.82) is 0 Å². The summed E-state index contributed by atoms with van der Waals surface area (Å²) in [7, 11) is 0. The van der Waals surface area contributed by atoms with Gasteiger partial charge < -0.3 is 10.2 Å².